The normalized spacial score (nSPS) is 50.1. The first-order valence-corrected chi connectivity index (χ1v) is 11.6. The number of carbonyl (C=O) groups excluding carboxylic acids is 2. The summed E-state index contributed by atoms with van der Waals surface area (Å²) in [5, 5.41) is 0.698. The van der Waals surface area contributed by atoms with E-state index < -0.39 is 0 Å². The number of carbonyl (C=O) groups is 2. The van der Waals surface area contributed by atoms with E-state index in [1.54, 1.807) is 0 Å². The Bertz CT molecular complexity index is 633. The molecule has 0 saturated heterocycles. The Morgan fingerprint density at radius 2 is 1.85 bits per heavy atom. The van der Waals surface area contributed by atoms with Crippen LogP contribution in [0.3, 0.4) is 0 Å². The molecule has 0 aromatic rings. The van der Waals surface area contributed by atoms with E-state index >= 15 is 0 Å². The fourth-order valence-corrected chi connectivity index (χ4v) is 8.21. The van der Waals surface area contributed by atoms with Crippen molar-refractivity contribution in [2.24, 2.45) is 33.5 Å². The summed E-state index contributed by atoms with van der Waals surface area (Å²) in [6, 6.07) is 0. The molecule has 4 fully saturated rings. The molecule has 0 radical (unpaired) electrons. The summed E-state index contributed by atoms with van der Waals surface area (Å²) in [5.74, 6) is 1.50. The van der Waals surface area contributed by atoms with Gasteiger partial charge in [-0.3, -0.25) is 9.59 Å². The maximum absolute atomic E-state index is 13.0. The third-order valence-electron chi connectivity index (χ3n) is 9.13. The Labute approximate surface area is 166 Å². The van der Waals surface area contributed by atoms with Crippen LogP contribution in [0.1, 0.15) is 78.6 Å². The fraction of sp³-hybridized carbons (Fsp3) is 0.909. The highest BCUT2D eigenvalue weighted by Gasteiger charge is 2.68. The first-order valence-electron chi connectivity index (χ1n) is 10.5. The van der Waals surface area contributed by atoms with Gasteiger partial charge in [-0.2, -0.15) is 0 Å². The van der Waals surface area contributed by atoms with Gasteiger partial charge in [-0.1, -0.05) is 36.2 Å². The van der Waals surface area contributed by atoms with E-state index in [-0.39, 0.29) is 27.6 Å². The summed E-state index contributed by atoms with van der Waals surface area (Å²) >= 11 is 3.37. The van der Waals surface area contributed by atoms with Gasteiger partial charge in [0.25, 0.3) is 0 Å². The molecule has 1 spiro atoms. The van der Waals surface area contributed by atoms with Crippen LogP contribution in [0.5, 0.6) is 0 Å². The van der Waals surface area contributed by atoms with Crippen LogP contribution in [0.2, 0.25) is 0 Å². The average molecular weight is 425 g/mol. The van der Waals surface area contributed by atoms with Gasteiger partial charge < -0.3 is 4.74 Å². The summed E-state index contributed by atoms with van der Waals surface area (Å²) in [6.45, 7) is 7.27. The zero-order valence-corrected chi connectivity index (χ0v) is 18.1. The zero-order chi connectivity index (χ0) is 18.8. The molecule has 0 amide bonds. The lowest BCUT2D eigenvalue weighted by Crippen LogP contribution is -2.58. The SMILES string of the molecule is C[C@@]12CC[C@@H]3[C@@](CC[C@H]4[C@@]3(C)CCC[C@@]4(C)C(=O)OCCBr)(CC1=O)C2. The van der Waals surface area contributed by atoms with Crippen molar-refractivity contribution in [1.29, 1.82) is 0 Å². The Balaban J connectivity index is 1.66. The molecule has 4 heteroatoms. The number of ketones is 1. The lowest BCUT2D eigenvalue weighted by Gasteiger charge is -2.63. The quantitative estimate of drug-likeness (QED) is 0.456. The highest BCUT2D eigenvalue weighted by Crippen LogP contribution is 2.73. The van der Waals surface area contributed by atoms with Gasteiger partial charge in [-0.25, -0.2) is 0 Å². The molecule has 0 aliphatic heterocycles. The van der Waals surface area contributed by atoms with Gasteiger partial charge in [0, 0.05) is 17.2 Å². The molecule has 3 nitrogen and oxygen atoms in total. The molecular formula is C22H33BrO3. The smallest absolute Gasteiger partial charge is 0.312 e. The number of ether oxygens (including phenoxy) is 1. The first-order chi connectivity index (χ1) is 12.2. The average Bonchev–Trinajstić information content (AvgIpc) is 2.76. The lowest BCUT2D eigenvalue weighted by molar-refractivity contribution is -0.187. The van der Waals surface area contributed by atoms with E-state index in [0.29, 0.717) is 29.6 Å². The predicted octanol–water partition coefficient (Wildman–Crippen LogP) is 5.30. The van der Waals surface area contributed by atoms with Gasteiger partial charge >= 0.3 is 5.97 Å². The summed E-state index contributed by atoms with van der Waals surface area (Å²) in [6.07, 6.45) is 9.56. The van der Waals surface area contributed by atoms with E-state index in [0.717, 1.165) is 44.9 Å². The van der Waals surface area contributed by atoms with Crippen LogP contribution in [0.15, 0.2) is 0 Å². The minimum Gasteiger partial charge on any atom is -0.464 e. The summed E-state index contributed by atoms with van der Waals surface area (Å²) in [5.41, 5.74) is -0.0371. The van der Waals surface area contributed by atoms with E-state index in [4.69, 9.17) is 4.74 Å². The van der Waals surface area contributed by atoms with Crippen LogP contribution in [-0.2, 0) is 14.3 Å². The van der Waals surface area contributed by atoms with E-state index in [9.17, 15) is 9.59 Å². The van der Waals surface area contributed by atoms with Crippen molar-refractivity contribution in [3.8, 4) is 0 Å². The number of esters is 1. The molecule has 4 aliphatic carbocycles. The summed E-state index contributed by atoms with van der Waals surface area (Å²) in [7, 11) is 0. The van der Waals surface area contributed by atoms with Crippen LogP contribution >= 0.6 is 15.9 Å². The molecule has 0 N–H and O–H groups in total. The van der Waals surface area contributed by atoms with Gasteiger partial charge in [-0.15, -0.1) is 0 Å². The van der Waals surface area contributed by atoms with Crippen LogP contribution < -0.4 is 0 Å². The van der Waals surface area contributed by atoms with Crippen molar-refractivity contribution in [2.45, 2.75) is 78.6 Å². The molecule has 2 bridgehead atoms. The predicted molar refractivity (Wildman–Crippen MR) is 105 cm³/mol. The highest BCUT2D eigenvalue weighted by atomic mass is 79.9. The van der Waals surface area contributed by atoms with Crippen molar-refractivity contribution >= 4 is 27.7 Å². The molecule has 0 unspecified atom stereocenters. The number of alkyl halides is 1. The first kappa shape index (κ1) is 19.0. The molecule has 0 aromatic heterocycles. The van der Waals surface area contributed by atoms with Gasteiger partial charge in [-0.05, 0) is 74.5 Å². The minimum atomic E-state index is -0.361. The van der Waals surface area contributed by atoms with Crippen LogP contribution in [0, 0.1) is 33.5 Å². The van der Waals surface area contributed by atoms with Crippen LogP contribution in [0.25, 0.3) is 0 Å². The van der Waals surface area contributed by atoms with E-state index in [2.05, 4.69) is 36.7 Å². The largest absolute Gasteiger partial charge is 0.464 e. The molecule has 4 aliphatic rings. The number of hydrogen-bond acceptors (Lipinski definition) is 3. The molecule has 4 saturated carbocycles. The van der Waals surface area contributed by atoms with Crippen molar-refractivity contribution in [2.75, 3.05) is 11.9 Å². The highest BCUT2D eigenvalue weighted by molar-refractivity contribution is 9.09. The molecule has 0 aromatic carbocycles. The Hall–Kier alpha value is -0.380. The van der Waals surface area contributed by atoms with E-state index in [1.807, 2.05) is 0 Å². The van der Waals surface area contributed by atoms with Gasteiger partial charge in [0.05, 0.1) is 5.41 Å². The second kappa shape index (κ2) is 6.06. The number of fused-ring (bicyclic) bond motifs is 3. The maximum Gasteiger partial charge on any atom is 0.312 e. The van der Waals surface area contributed by atoms with Gasteiger partial charge in [0.15, 0.2) is 0 Å². The van der Waals surface area contributed by atoms with Crippen LogP contribution in [-0.4, -0.2) is 23.7 Å². The van der Waals surface area contributed by atoms with Crippen molar-refractivity contribution < 1.29 is 14.3 Å². The Morgan fingerprint density at radius 3 is 2.58 bits per heavy atom. The Kier molecular flexibility index (Phi) is 4.42. The minimum absolute atomic E-state index is 0.00645. The lowest BCUT2D eigenvalue weighted by atomic mass is 9.40. The zero-order valence-electron chi connectivity index (χ0n) is 16.5. The van der Waals surface area contributed by atoms with E-state index in [1.165, 1.54) is 12.8 Å². The third kappa shape index (κ3) is 2.42. The molecule has 146 valence electrons. The topological polar surface area (TPSA) is 43.4 Å². The molecule has 6 atom stereocenters. The third-order valence-corrected chi connectivity index (χ3v) is 9.46. The molecule has 0 heterocycles. The molecule has 26 heavy (non-hydrogen) atoms. The summed E-state index contributed by atoms with van der Waals surface area (Å²) < 4.78 is 5.62. The van der Waals surface area contributed by atoms with Crippen molar-refractivity contribution in [3.05, 3.63) is 0 Å². The van der Waals surface area contributed by atoms with Gasteiger partial charge in [0.2, 0.25) is 0 Å². The second-order valence-electron chi connectivity index (χ2n) is 10.5. The van der Waals surface area contributed by atoms with Crippen LogP contribution in [0.4, 0.5) is 0 Å². The number of rotatable bonds is 3. The second-order valence-corrected chi connectivity index (χ2v) is 11.3. The number of halogens is 1. The van der Waals surface area contributed by atoms with Crippen molar-refractivity contribution in [1.82, 2.24) is 0 Å². The van der Waals surface area contributed by atoms with Gasteiger partial charge in [0.1, 0.15) is 12.4 Å². The standard InChI is InChI=1S/C22H33BrO3/c1-19-9-5-16-20(2)7-4-8-21(3,18(25)26-12-11-23)15(20)6-10-22(16,14-19)13-17(19)24/h15-16H,4-14H2,1-3H3/t15-,16-,19-,20+,21+,22-/m0/s1. The number of hydrogen-bond donors (Lipinski definition) is 0. The fourth-order valence-electron chi connectivity index (χ4n) is 8.05. The monoisotopic (exact) mass is 424 g/mol. The summed E-state index contributed by atoms with van der Waals surface area (Å²) in [4.78, 5) is 25.8. The number of Topliss-reactive ketones (excluding diaryl/α,β-unsaturated/α-hetero) is 1. The Morgan fingerprint density at radius 1 is 1.12 bits per heavy atom. The maximum atomic E-state index is 13.0. The van der Waals surface area contributed by atoms with Crippen molar-refractivity contribution in [3.63, 3.8) is 0 Å². The molecular weight excluding hydrogens is 392 g/mol. The molecule has 4 rings (SSSR count).